The quantitative estimate of drug-likeness (QED) is 0.169. The van der Waals surface area contributed by atoms with Crippen LogP contribution in [-0.4, -0.2) is 0 Å². The largest absolute Gasteiger partial charge is 0.455 e. The second-order valence-corrected chi connectivity index (χ2v) is 13.5. The zero-order valence-corrected chi connectivity index (χ0v) is 24.4. The number of aryl methyl sites for hydroxylation is 3. The lowest BCUT2D eigenvalue weighted by Crippen LogP contribution is -2.32. The van der Waals surface area contributed by atoms with Crippen LogP contribution in [0.4, 0.5) is 0 Å². The van der Waals surface area contributed by atoms with Crippen molar-refractivity contribution >= 4 is 32.3 Å². The molecule has 1 aromatic heterocycles. The van der Waals surface area contributed by atoms with Crippen molar-refractivity contribution < 1.29 is 9.30 Å². The van der Waals surface area contributed by atoms with Gasteiger partial charge in [0.15, 0.2) is 6.20 Å². The molecule has 1 saturated carbocycles. The van der Waals surface area contributed by atoms with Gasteiger partial charge in [-0.05, 0) is 76.8 Å². The first-order chi connectivity index (χ1) is 18.7. The Morgan fingerprint density at radius 3 is 2.41 bits per heavy atom. The number of ether oxygens (including phenoxy) is 1. The minimum absolute atomic E-state index is 0.136. The smallest absolute Gasteiger partial charge is 0.228 e. The van der Waals surface area contributed by atoms with Crippen LogP contribution in [0.15, 0.2) is 54.7 Å². The van der Waals surface area contributed by atoms with Gasteiger partial charge < -0.3 is 4.74 Å². The van der Waals surface area contributed by atoms with Gasteiger partial charge in [0.2, 0.25) is 5.69 Å². The maximum atomic E-state index is 7.07. The average molecular weight is 515 g/mol. The fourth-order valence-corrected chi connectivity index (χ4v) is 7.39. The molecule has 2 heterocycles. The summed E-state index contributed by atoms with van der Waals surface area (Å²) < 4.78 is 9.38. The number of hydrogen-bond donors (Lipinski definition) is 0. The molecule has 0 atom stereocenters. The number of aromatic nitrogens is 1. The fourth-order valence-electron chi connectivity index (χ4n) is 7.39. The van der Waals surface area contributed by atoms with Crippen molar-refractivity contribution in [3.05, 3.63) is 77.0 Å². The molecular weight excluding hydrogens is 474 g/mol. The fraction of sp³-hybridized carbons (Fsp3) is 0.378. The average Bonchev–Trinajstić information content (AvgIpc) is 3.40. The number of hydrogen-bond acceptors (Lipinski definition) is 1. The second kappa shape index (κ2) is 8.81. The molecule has 0 amide bonds. The number of fused-ring (bicyclic) bond motifs is 5. The molecule has 1 aliphatic heterocycles. The van der Waals surface area contributed by atoms with Crippen molar-refractivity contribution in [2.45, 2.75) is 73.1 Å². The van der Waals surface area contributed by atoms with Crippen molar-refractivity contribution in [1.29, 1.82) is 0 Å². The highest BCUT2D eigenvalue weighted by atomic mass is 16.5. The summed E-state index contributed by atoms with van der Waals surface area (Å²) in [5.74, 6) is 2.89. The maximum absolute atomic E-state index is 7.07. The molecule has 0 N–H and O–H groups in total. The zero-order valence-electron chi connectivity index (χ0n) is 24.4. The summed E-state index contributed by atoms with van der Waals surface area (Å²) in [5, 5.41) is 7.80. The van der Waals surface area contributed by atoms with Crippen LogP contribution < -0.4 is 9.30 Å². The van der Waals surface area contributed by atoms with Crippen LogP contribution in [0.25, 0.3) is 43.6 Å². The van der Waals surface area contributed by atoms with Gasteiger partial charge in [0.1, 0.15) is 18.5 Å². The van der Waals surface area contributed by atoms with Gasteiger partial charge in [0.05, 0.1) is 10.9 Å². The second-order valence-electron chi connectivity index (χ2n) is 13.5. The lowest BCUT2D eigenvalue weighted by molar-refractivity contribution is -0.659. The predicted octanol–water partition coefficient (Wildman–Crippen LogP) is 9.68. The van der Waals surface area contributed by atoms with E-state index in [1.165, 1.54) is 97.9 Å². The summed E-state index contributed by atoms with van der Waals surface area (Å²) in [6.45, 7) is 11.5. The van der Waals surface area contributed by atoms with Crippen molar-refractivity contribution in [1.82, 2.24) is 0 Å². The molecule has 0 unspecified atom stereocenters. The Bertz CT molecular complexity index is 1800. The molecule has 0 bridgehead atoms. The molecule has 2 heteroatoms. The Kier molecular flexibility index (Phi) is 5.57. The van der Waals surface area contributed by atoms with Gasteiger partial charge in [-0.3, -0.25) is 0 Å². The highest BCUT2D eigenvalue weighted by Crippen LogP contribution is 2.52. The van der Waals surface area contributed by atoms with Gasteiger partial charge in [-0.15, -0.1) is 0 Å². The minimum atomic E-state index is 0.136. The van der Waals surface area contributed by atoms with Crippen LogP contribution >= 0.6 is 0 Å². The first-order valence-corrected chi connectivity index (χ1v) is 14.8. The lowest BCUT2D eigenvalue weighted by Gasteiger charge is -2.28. The van der Waals surface area contributed by atoms with Gasteiger partial charge in [-0.1, -0.05) is 88.4 Å². The predicted molar refractivity (Wildman–Crippen MR) is 164 cm³/mol. The van der Waals surface area contributed by atoms with E-state index in [1.807, 2.05) is 0 Å². The monoisotopic (exact) mass is 514 g/mol. The molecular formula is C37H40NO+. The van der Waals surface area contributed by atoms with E-state index in [-0.39, 0.29) is 5.41 Å². The third-order valence-electron chi connectivity index (χ3n) is 9.20. The van der Waals surface area contributed by atoms with E-state index in [4.69, 9.17) is 4.74 Å². The van der Waals surface area contributed by atoms with Crippen molar-refractivity contribution in [2.24, 2.45) is 18.4 Å². The van der Waals surface area contributed by atoms with Gasteiger partial charge in [0.25, 0.3) is 0 Å². The molecule has 5 aromatic rings. The van der Waals surface area contributed by atoms with Crippen LogP contribution in [0.1, 0.15) is 68.7 Å². The third-order valence-corrected chi connectivity index (χ3v) is 9.20. The maximum Gasteiger partial charge on any atom is 0.228 e. The summed E-state index contributed by atoms with van der Waals surface area (Å²) >= 11 is 0. The molecule has 2 nitrogen and oxygen atoms in total. The van der Waals surface area contributed by atoms with Crippen LogP contribution in [-0.2, 0) is 19.9 Å². The molecule has 1 fully saturated rings. The molecule has 7 rings (SSSR count). The molecule has 0 saturated heterocycles. The topological polar surface area (TPSA) is 13.1 Å². The minimum Gasteiger partial charge on any atom is -0.455 e. The van der Waals surface area contributed by atoms with Crippen molar-refractivity contribution in [3.63, 3.8) is 0 Å². The number of pyridine rings is 1. The number of benzene rings is 4. The molecule has 2 aliphatic rings. The Morgan fingerprint density at radius 1 is 0.872 bits per heavy atom. The Hall–Kier alpha value is -3.39. The van der Waals surface area contributed by atoms with Crippen LogP contribution in [0.3, 0.4) is 0 Å². The van der Waals surface area contributed by atoms with Gasteiger partial charge in [-0.2, -0.15) is 0 Å². The number of nitrogens with zero attached hydrogens (tertiary/aromatic N) is 1. The highest BCUT2D eigenvalue weighted by Gasteiger charge is 2.34. The normalized spacial score (nSPS) is 15.3. The van der Waals surface area contributed by atoms with E-state index in [1.54, 1.807) is 0 Å². The van der Waals surface area contributed by atoms with Crippen LogP contribution in [0, 0.1) is 25.2 Å². The third kappa shape index (κ3) is 4.03. The van der Waals surface area contributed by atoms with E-state index in [9.17, 15) is 0 Å². The summed E-state index contributed by atoms with van der Waals surface area (Å²) in [7, 11) is 2.19. The van der Waals surface area contributed by atoms with Gasteiger partial charge >= 0.3 is 0 Å². The standard InChI is InChI=1S/C37H40NO/c1-22-11-13-28-30(17-22)23(2)33-35-34-29(15-16-38(35)6)27-14-12-25(18-24-9-7-8-10-24)19-26(27)20-32(34)39-36(33)31(28)21-37(3,4)5/h11-17,19-20,24H,7-10,18,21H2,1-6H3/q+1. The zero-order chi connectivity index (χ0) is 27.1. The molecule has 1 aliphatic carbocycles. The highest BCUT2D eigenvalue weighted by molar-refractivity contribution is 6.16. The van der Waals surface area contributed by atoms with Crippen molar-refractivity contribution in [3.8, 4) is 22.8 Å². The first-order valence-electron chi connectivity index (χ1n) is 14.8. The Balaban J connectivity index is 1.52. The Labute approximate surface area is 232 Å². The molecule has 0 radical (unpaired) electrons. The van der Waals surface area contributed by atoms with E-state index in [2.05, 4.69) is 101 Å². The van der Waals surface area contributed by atoms with Crippen LogP contribution in [0.5, 0.6) is 11.5 Å². The van der Waals surface area contributed by atoms with E-state index < -0.39 is 0 Å². The summed E-state index contributed by atoms with van der Waals surface area (Å²) in [6, 6.07) is 18.7. The van der Waals surface area contributed by atoms with Crippen LogP contribution in [0.2, 0.25) is 0 Å². The van der Waals surface area contributed by atoms with E-state index in [0.717, 1.165) is 23.8 Å². The SMILES string of the molecule is Cc1ccc2c(CC(C)(C)C)c3c(c(C)c2c1)-c1c2c(cc4cc(CC5CCCC5)ccc4c2cc[n+]1C)O3. The number of rotatable bonds is 3. The summed E-state index contributed by atoms with van der Waals surface area (Å²) in [5.41, 5.74) is 8.06. The Morgan fingerprint density at radius 2 is 1.64 bits per heavy atom. The molecule has 0 spiro atoms. The molecule has 39 heavy (non-hydrogen) atoms. The van der Waals surface area contributed by atoms with Gasteiger partial charge in [0, 0.05) is 17.0 Å². The first kappa shape index (κ1) is 24.6. The molecule has 4 aromatic carbocycles. The van der Waals surface area contributed by atoms with Crippen molar-refractivity contribution in [2.75, 3.05) is 0 Å². The summed E-state index contributed by atoms with van der Waals surface area (Å²) in [6.07, 6.45) is 9.95. The van der Waals surface area contributed by atoms with E-state index >= 15 is 0 Å². The van der Waals surface area contributed by atoms with Gasteiger partial charge in [-0.25, -0.2) is 4.57 Å². The molecule has 198 valence electrons. The lowest BCUT2D eigenvalue weighted by atomic mass is 9.81. The summed E-state index contributed by atoms with van der Waals surface area (Å²) in [4.78, 5) is 0. The van der Waals surface area contributed by atoms with E-state index in [0.29, 0.717) is 0 Å².